The molecule has 104 valence electrons. The van der Waals surface area contributed by atoms with E-state index in [0.29, 0.717) is 12.0 Å². The quantitative estimate of drug-likeness (QED) is 0.819. The Morgan fingerprint density at radius 3 is 2.72 bits per heavy atom. The van der Waals surface area contributed by atoms with Gasteiger partial charge in [-0.15, -0.1) is 0 Å². The number of hydrogen-bond acceptors (Lipinski definition) is 3. The molecule has 18 heavy (non-hydrogen) atoms. The van der Waals surface area contributed by atoms with Crippen molar-refractivity contribution < 1.29 is 9.84 Å². The molecule has 1 spiro atoms. The summed E-state index contributed by atoms with van der Waals surface area (Å²) in [5, 5.41) is 9.94. The lowest BCUT2D eigenvalue weighted by molar-refractivity contribution is -0.0585. The van der Waals surface area contributed by atoms with Crippen LogP contribution in [0.1, 0.15) is 51.9 Å². The molecule has 0 bridgehead atoms. The van der Waals surface area contributed by atoms with E-state index in [1.807, 2.05) is 0 Å². The van der Waals surface area contributed by atoms with Gasteiger partial charge in [0.15, 0.2) is 0 Å². The van der Waals surface area contributed by atoms with Crippen molar-refractivity contribution in [3.63, 3.8) is 0 Å². The first-order valence-corrected chi connectivity index (χ1v) is 7.75. The SMILES string of the molecule is CC1CCN(CC2CCC3(CCCC3)O2)CC1O. The highest BCUT2D eigenvalue weighted by Gasteiger charge is 2.42. The number of ether oxygens (including phenoxy) is 1. The number of nitrogens with zero attached hydrogens (tertiary/aromatic N) is 1. The molecule has 3 aliphatic rings. The van der Waals surface area contributed by atoms with Gasteiger partial charge in [-0.2, -0.15) is 0 Å². The summed E-state index contributed by atoms with van der Waals surface area (Å²) >= 11 is 0. The molecule has 0 aromatic heterocycles. The fraction of sp³-hybridized carbons (Fsp3) is 1.00. The van der Waals surface area contributed by atoms with E-state index in [1.54, 1.807) is 0 Å². The topological polar surface area (TPSA) is 32.7 Å². The van der Waals surface area contributed by atoms with E-state index in [9.17, 15) is 5.11 Å². The third-order valence-corrected chi connectivity index (χ3v) is 5.32. The van der Waals surface area contributed by atoms with Gasteiger partial charge in [-0.3, -0.25) is 4.90 Å². The van der Waals surface area contributed by atoms with Crippen molar-refractivity contribution in [2.75, 3.05) is 19.6 Å². The van der Waals surface area contributed by atoms with Crippen molar-refractivity contribution in [1.29, 1.82) is 0 Å². The Morgan fingerprint density at radius 2 is 2.00 bits per heavy atom. The Labute approximate surface area is 110 Å². The first-order valence-electron chi connectivity index (χ1n) is 7.75. The van der Waals surface area contributed by atoms with Gasteiger partial charge in [-0.25, -0.2) is 0 Å². The average molecular weight is 253 g/mol. The minimum atomic E-state index is -0.138. The first kappa shape index (κ1) is 12.9. The first-order chi connectivity index (χ1) is 8.67. The summed E-state index contributed by atoms with van der Waals surface area (Å²) in [7, 11) is 0. The minimum absolute atomic E-state index is 0.138. The smallest absolute Gasteiger partial charge is 0.0710 e. The predicted molar refractivity (Wildman–Crippen MR) is 71.5 cm³/mol. The molecule has 3 unspecified atom stereocenters. The Bertz CT molecular complexity index is 288. The summed E-state index contributed by atoms with van der Waals surface area (Å²) in [4.78, 5) is 2.41. The molecule has 1 aliphatic carbocycles. The minimum Gasteiger partial charge on any atom is -0.392 e. The summed E-state index contributed by atoms with van der Waals surface area (Å²) < 4.78 is 6.35. The van der Waals surface area contributed by atoms with Gasteiger partial charge in [0.1, 0.15) is 0 Å². The average Bonchev–Trinajstić information content (AvgIpc) is 2.96. The Hall–Kier alpha value is -0.120. The lowest BCUT2D eigenvalue weighted by Gasteiger charge is -2.36. The molecular formula is C15H27NO2. The monoisotopic (exact) mass is 253 g/mol. The normalized spacial score (nSPS) is 40.7. The second kappa shape index (κ2) is 5.10. The molecule has 0 amide bonds. The second-order valence-electron chi connectivity index (χ2n) is 6.76. The van der Waals surface area contributed by atoms with Gasteiger partial charge in [0.2, 0.25) is 0 Å². The number of aliphatic hydroxyl groups excluding tert-OH is 1. The van der Waals surface area contributed by atoms with Crippen molar-refractivity contribution in [3.05, 3.63) is 0 Å². The zero-order valence-corrected chi connectivity index (χ0v) is 11.6. The lowest BCUT2D eigenvalue weighted by atomic mass is 9.95. The molecule has 1 N–H and O–H groups in total. The molecule has 1 saturated carbocycles. The maximum atomic E-state index is 9.94. The predicted octanol–water partition coefficient (Wildman–Crippen LogP) is 2.18. The Kier molecular flexibility index (Phi) is 3.65. The van der Waals surface area contributed by atoms with Crippen molar-refractivity contribution in [2.45, 2.75) is 69.7 Å². The van der Waals surface area contributed by atoms with Crippen LogP contribution < -0.4 is 0 Å². The van der Waals surface area contributed by atoms with Gasteiger partial charge >= 0.3 is 0 Å². The highest BCUT2D eigenvalue weighted by molar-refractivity contribution is 4.94. The van der Waals surface area contributed by atoms with Crippen molar-refractivity contribution in [1.82, 2.24) is 4.90 Å². The standard InChI is InChI=1S/C15H27NO2/c1-12-5-9-16(11-14(12)17)10-13-4-8-15(18-13)6-2-3-7-15/h12-14,17H,2-11H2,1H3. The summed E-state index contributed by atoms with van der Waals surface area (Å²) in [5.74, 6) is 0.465. The summed E-state index contributed by atoms with van der Waals surface area (Å²) in [5.41, 5.74) is 0.256. The van der Waals surface area contributed by atoms with E-state index in [1.165, 1.54) is 38.5 Å². The number of hydrogen-bond donors (Lipinski definition) is 1. The third-order valence-electron chi connectivity index (χ3n) is 5.32. The zero-order chi connectivity index (χ0) is 12.6. The van der Waals surface area contributed by atoms with Crippen molar-refractivity contribution in [2.24, 2.45) is 5.92 Å². The van der Waals surface area contributed by atoms with Gasteiger partial charge in [0, 0.05) is 13.1 Å². The molecule has 0 radical (unpaired) electrons. The number of aliphatic hydroxyl groups is 1. The van der Waals surface area contributed by atoms with Crippen LogP contribution >= 0.6 is 0 Å². The van der Waals surface area contributed by atoms with Crippen LogP contribution in [0.25, 0.3) is 0 Å². The van der Waals surface area contributed by atoms with Gasteiger partial charge in [0.05, 0.1) is 17.8 Å². The molecule has 0 aromatic carbocycles. The molecule has 2 aliphatic heterocycles. The van der Waals surface area contributed by atoms with Crippen LogP contribution in [0, 0.1) is 5.92 Å². The summed E-state index contributed by atoms with van der Waals surface area (Å²) in [6.07, 6.45) is 9.17. The second-order valence-corrected chi connectivity index (χ2v) is 6.76. The van der Waals surface area contributed by atoms with Crippen molar-refractivity contribution in [3.8, 4) is 0 Å². The van der Waals surface area contributed by atoms with E-state index in [2.05, 4.69) is 11.8 Å². The number of β-amino-alcohol motifs (C(OH)–C–C–N with tert-alkyl or cyclic N) is 1. The number of piperidine rings is 1. The third kappa shape index (κ3) is 2.59. The van der Waals surface area contributed by atoms with E-state index in [0.717, 1.165) is 26.1 Å². The van der Waals surface area contributed by atoms with Gasteiger partial charge in [-0.1, -0.05) is 19.8 Å². The van der Waals surface area contributed by atoms with E-state index >= 15 is 0 Å². The van der Waals surface area contributed by atoms with Crippen LogP contribution in [0.2, 0.25) is 0 Å². The molecule has 3 rings (SSSR count). The van der Waals surface area contributed by atoms with E-state index in [-0.39, 0.29) is 11.7 Å². The fourth-order valence-electron chi connectivity index (χ4n) is 3.98. The number of rotatable bonds is 2. The Balaban J connectivity index is 1.49. The molecule has 2 saturated heterocycles. The molecule has 3 atom stereocenters. The highest BCUT2D eigenvalue weighted by atomic mass is 16.5. The molecule has 3 fully saturated rings. The zero-order valence-electron chi connectivity index (χ0n) is 11.6. The van der Waals surface area contributed by atoms with Crippen LogP contribution in [0.15, 0.2) is 0 Å². The Morgan fingerprint density at radius 1 is 1.22 bits per heavy atom. The summed E-state index contributed by atoms with van der Waals surface area (Å²) in [6.45, 7) is 5.16. The van der Waals surface area contributed by atoms with Crippen LogP contribution in [0.3, 0.4) is 0 Å². The molecule has 3 nitrogen and oxygen atoms in total. The van der Waals surface area contributed by atoms with Crippen molar-refractivity contribution >= 4 is 0 Å². The fourth-order valence-corrected chi connectivity index (χ4v) is 3.98. The van der Waals surface area contributed by atoms with Crippen LogP contribution in [0.5, 0.6) is 0 Å². The van der Waals surface area contributed by atoms with E-state index in [4.69, 9.17) is 4.74 Å². The summed E-state index contributed by atoms with van der Waals surface area (Å²) in [6, 6.07) is 0. The van der Waals surface area contributed by atoms with Crippen LogP contribution in [-0.4, -0.2) is 47.4 Å². The van der Waals surface area contributed by atoms with Crippen LogP contribution in [0.4, 0.5) is 0 Å². The van der Waals surface area contributed by atoms with E-state index < -0.39 is 0 Å². The van der Waals surface area contributed by atoms with Gasteiger partial charge in [0.25, 0.3) is 0 Å². The molecule has 3 heteroatoms. The number of likely N-dealkylation sites (tertiary alicyclic amines) is 1. The molecule has 2 heterocycles. The maximum absolute atomic E-state index is 9.94. The molecular weight excluding hydrogens is 226 g/mol. The van der Waals surface area contributed by atoms with Crippen LogP contribution in [-0.2, 0) is 4.74 Å². The lowest BCUT2D eigenvalue weighted by Crippen LogP contribution is -2.46. The molecule has 0 aromatic rings. The van der Waals surface area contributed by atoms with Gasteiger partial charge < -0.3 is 9.84 Å². The largest absolute Gasteiger partial charge is 0.392 e. The highest BCUT2D eigenvalue weighted by Crippen LogP contribution is 2.43. The van der Waals surface area contributed by atoms with Gasteiger partial charge in [-0.05, 0) is 44.6 Å². The maximum Gasteiger partial charge on any atom is 0.0710 e.